The molecule has 6 heteroatoms. The Labute approximate surface area is 166 Å². The second-order valence-corrected chi connectivity index (χ2v) is 7.29. The number of nitrogens with zero attached hydrogens (tertiary/aromatic N) is 1. The number of methoxy groups -OCH3 is 1. The molecule has 1 heterocycles. The Hall–Kier alpha value is -2.60. The third kappa shape index (κ3) is 3.90. The first kappa shape index (κ1) is 19.2. The molecule has 0 saturated carbocycles. The molecule has 0 bridgehead atoms. The number of aliphatic hydroxyl groups is 1. The van der Waals surface area contributed by atoms with Crippen molar-refractivity contribution in [1.29, 1.82) is 0 Å². The van der Waals surface area contributed by atoms with Gasteiger partial charge in [0.1, 0.15) is 5.75 Å². The lowest BCUT2D eigenvalue weighted by Gasteiger charge is -2.26. The zero-order valence-corrected chi connectivity index (χ0v) is 16.7. The largest absolute Gasteiger partial charge is 0.503 e. The predicted octanol–water partition coefficient (Wildman–Crippen LogP) is 3.98. The summed E-state index contributed by atoms with van der Waals surface area (Å²) in [5.41, 5.74) is 1.94. The molecule has 1 atom stereocenters. The molecule has 1 amide bonds. The molecular formula is C21H20BrNO4. The number of ether oxygens (including phenoxy) is 1. The van der Waals surface area contributed by atoms with Gasteiger partial charge in [-0.1, -0.05) is 40.2 Å². The third-order valence-corrected chi connectivity index (χ3v) is 5.17. The maximum absolute atomic E-state index is 12.6. The number of hydrogen-bond acceptors (Lipinski definition) is 4. The first-order chi connectivity index (χ1) is 12.9. The van der Waals surface area contributed by atoms with Crippen LogP contribution in [0.15, 0.2) is 64.3 Å². The number of ketones is 1. The van der Waals surface area contributed by atoms with Gasteiger partial charge in [-0.3, -0.25) is 9.59 Å². The van der Waals surface area contributed by atoms with Gasteiger partial charge in [0.2, 0.25) is 0 Å². The van der Waals surface area contributed by atoms with Crippen molar-refractivity contribution in [2.24, 2.45) is 0 Å². The van der Waals surface area contributed by atoms with E-state index in [1.165, 1.54) is 6.92 Å². The van der Waals surface area contributed by atoms with Crippen molar-refractivity contribution in [2.75, 3.05) is 13.7 Å². The predicted molar refractivity (Wildman–Crippen MR) is 106 cm³/mol. The average Bonchev–Trinajstić information content (AvgIpc) is 2.92. The summed E-state index contributed by atoms with van der Waals surface area (Å²) in [6.45, 7) is 1.74. The fourth-order valence-corrected chi connectivity index (χ4v) is 3.58. The van der Waals surface area contributed by atoms with Crippen LogP contribution < -0.4 is 4.74 Å². The fourth-order valence-electron chi connectivity index (χ4n) is 3.31. The van der Waals surface area contributed by atoms with Crippen LogP contribution in [-0.4, -0.2) is 35.4 Å². The van der Waals surface area contributed by atoms with Crippen molar-refractivity contribution < 1.29 is 19.4 Å². The Morgan fingerprint density at radius 2 is 1.93 bits per heavy atom. The van der Waals surface area contributed by atoms with Gasteiger partial charge < -0.3 is 14.7 Å². The van der Waals surface area contributed by atoms with Crippen molar-refractivity contribution in [1.82, 2.24) is 4.90 Å². The normalized spacial score (nSPS) is 16.8. The molecule has 140 valence electrons. The molecule has 5 nitrogen and oxygen atoms in total. The molecule has 1 aliphatic heterocycles. The molecule has 2 aromatic carbocycles. The maximum atomic E-state index is 12.6. The van der Waals surface area contributed by atoms with Gasteiger partial charge in [-0.05, 0) is 48.7 Å². The van der Waals surface area contributed by atoms with Crippen LogP contribution in [0.25, 0.3) is 0 Å². The highest BCUT2D eigenvalue weighted by Crippen LogP contribution is 2.38. The topological polar surface area (TPSA) is 66.8 Å². The number of benzene rings is 2. The molecule has 1 unspecified atom stereocenters. The molecule has 0 radical (unpaired) electrons. The summed E-state index contributed by atoms with van der Waals surface area (Å²) < 4.78 is 6.14. The number of carbonyl (C=O) groups excluding carboxylic acids is 2. The van der Waals surface area contributed by atoms with Crippen LogP contribution in [-0.2, 0) is 16.0 Å². The van der Waals surface area contributed by atoms with Crippen molar-refractivity contribution >= 4 is 27.6 Å². The number of amides is 1. The monoisotopic (exact) mass is 429 g/mol. The number of halogens is 1. The zero-order chi connectivity index (χ0) is 19.6. The number of Topliss-reactive ketones (excluding diaryl/α,β-unsaturated/α-hetero) is 1. The van der Waals surface area contributed by atoms with Crippen LogP contribution in [0.4, 0.5) is 0 Å². The van der Waals surface area contributed by atoms with Gasteiger partial charge in [-0.2, -0.15) is 0 Å². The maximum Gasteiger partial charge on any atom is 0.290 e. The van der Waals surface area contributed by atoms with E-state index in [0.29, 0.717) is 13.0 Å². The summed E-state index contributed by atoms with van der Waals surface area (Å²) in [5, 5.41) is 10.3. The first-order valence-electron chi connectivity index (χ1n) is 8.55. The molecule has 3 rings (SSSR count). The summed E-state index contributed by atoms with van der Waals surface area (Å²) in [4.78, 5) is 26.3. The summed E-state index contributed by atoms with van der Waals surface area (Å²) in [6, 6.07) is 14.4. The van der Waals surface area contributed by atoms with E-state index in [9.17, 15) is 14.7 Å². The Morgan fingerprint density at radius 1 is 1.22 bits per heavy atom. The van der Waals surface area contributed by atoms with Crippen LogP contribution in [0.5, 0.6) is 5.75 Å². The Balaban J connectivity index is 1.90. The minimum absolute atomic E-state index is 0.146. The molecule has 1 aliphatic rings. The molecule has 0 saturated heterocycles. The molecule has 0 fully saturated rings. The number of aliphatic hydroxyl groups excluding tert-OH is 1. The van der Waals surface area contributed by atoms with Crippen LogP contribution in [0.3, 0.4) is 0 Å². The first-order valence-corrected chi connectivity index (χ1v) is 9.35. The van der Waals surface area contributed by atoms with E-state index in [4.69, 9.17) is 4.74 Å². The van der Waals surface area contributed by atoms with Gasteiger partial charge in [0.05, 0.1) is 18.7 Å². The second-order valence-electron chi connectivity index (χ2n) is 6.37. The summed E-state index contributed by atoms with van der Waals surface area (Å²) in [6.07, 6.45) is 0.578. The lowest BCUT2D eigenvalue weighted by atomic mass is 9.96. The number of carbonyl (C=O) groups is 2. The molecule has 1 N–H and O–H groups in total. The molecule has 27 heavy (non-hydrogen) atoms. The molecule has 0 aliphatic carbocycles. The quantitative estimate of drug-likeness (QED) is 0.753. The van der Waals surface area contributed by atoms with Gasteiger partial charge in [0, 0.05) is 11.0 Å². The van der Waals surface area contributed by atoms with Crippen molar-refractivity contribution in [3.8, 4) is 5.75 Å². The van der Waals surface area contributed by atoms with Crippen molar-refractivity contribution in [3.63, 3.8) is 0 Å². The van der Waals surface area contributed by atoms with Gasteiger partial charge in [-0.25, -0.2) is 0 Å². The number of rotatable bonds is 6. The van der Waals surface area contributed by atoms with Gasteiger partial charge in [0.25, 0.3) is 5.91 Å². The highest BCUT2D eigenvalue weighted by Gasteiger charge is 2.41. The van der Waals surface area contributed by atoms with Crippen LogP contribution in [0.2, 0.25) is 0 Å². The van der Waals surface area contributed by atoms with Crippen LogP contribution >= 0.6 is 15.9 Å². The fraction of sp³-hybridized carbons (Fsp3) is 0.238. The third-order valence-electron chi connectivity index (χ3n) is 4.64. The average molecular weight is 430 g/mol. The molecule has 0 spiro atoms. The van der Waals surface area contributed by atoms with Crippen LogP contribution in [0.1, 0.15) is 24.1 Å². The standard InChI is InChI=1S/C21H20BrNO4/c1-13(24)18-19(15-6-8-16(22)9-7-15)23(21(26)20(18)25)11-10-14-4-3-5-17(12-14)27-2/h3-9,12,19,25H,10-11H2,1-2H3. The summed E-state index contributed by atoms with van der Waals surface area (Å²) in [5.74, 6) is -0.537. The van der Waals surface area contributed by atoms with E-state index in [-0.39, 0.29) is 11.4 Å². The van der Waals surface area contributed by atoms with Crippen molar-refractivity contribution in [3.05, 3.63) is 75.5 Å². The molecular weight excluding hydrogens is 410 g/mol. The number of hydrogen-bond donors (Lipinski definition) is 1. The van der Waals surface area contributed by atoms with E-state index in [1.54, 1.807) is 12.0 Å². The zero-order valence-electron chi connectivity index (χ0n) is 15.1. The SMILES string of the molecule is COc1cccc(CCN2C(=O)C(O)=C(C(C)=O)C2c2ccc(Br)cc2)c1. The summed E-state index contributed by atoms with van der Waals surface area (Å²) in [7, 11) is 1.60. The lowest BCUT2D eigenvalue weighted by molar-refractivity contribution is -0.129. The van der Waals surface area contributed by atoms with E-state index >= 15 is 0 Å². The Bertz CT molecular complexity index is 905. The van der Waals surface area contributed by atoms with Gasteiger partial charge in [-0.15, -0.1) is 0 Å². The molecule has 0 aromatic heterocycles. The van der Waals surface area contributed by atoms with Gasteiger partial charge >= 0.3 is 0 Å². The van der Waals surface area contributed by atoms with Crippen molar-refractivity contribution in [2.45, 2.75) is 19.4 Å². The van der Waals surface area contributed by atoms with Gasteiger partial charge in [0.15, 0.2) is 11.5 Å². The highest BCUT2D eigenvalue weighted by molar-refractivity contribution is 9.10. The van der Waals surface area contributed by atoms with Crippen LogP contribution in [0, 0.1) is 0 Å². The minimum Gasteiger partial charge on any atom is -0.503 e. The Kier molecular flexibility index (Phi) is 5.65. The smallest absolute Gasteiger partial charge is 0.290 e. The second kappa shape index (κ2) is 7.96. The highest BCUT2D eigenvalue weighted by atomic mass is 79.9. The Morgan fingerprint density at radius 3 is 2.56 bits per heavy atom. The van der Waals surface area contributed by atoms with E-state index in [2.05, 4.69) is 15.9 Å². The van der Waals surface area contributed by atoms with E-state index < -0.39 is 17.7 Å². The van der Waals surface area contributed by atoms with E-state index in [0.717, 1.165) is 21.3 Å². The molecule has 2 aromatic rings. The lowest BCUT2D eigenvalue weighted by Crippen LogP contribution is -2.32. The minimum atomic E-state index is -0.589. The summed E-state index contributed by atoms with van der Waals surface area (Å²) >= 11 is 3.39. The van der Waals surface area contributed by atoms with E-state index in [1.807, 2.05) is 48.5 Å².